The van der Waals surface area contributed by atoms with E-state index in [0.717, 1.165) is 39.3 Å². The smallest absolute Gasteiger partial charge is 0.236 e. The fraction of sp³-hybridized carbons (Fsp3) is 0.682. The molecule has 2 aliphatic heterocycles. The Kier molecular flexibility index (Phi) is 7.51. The summed E-state index contributed by atoms with van der Waals surface area (Å²) in [6, 6.07) is 10.7. The van der Waals surface area contributed by atoms with E-state index in [-0.39, 0.29) is 0 Å². The molecule has 1 atom stereocenters. The van der Waals surface area contributed by atoms with Gasteiger partial charge in [-0.05, 0) is 50.4 Å². The van der Waals surface area contributed by atoms with Gasteiger partial charge in [0.05, 0.1) is 6.54 Å². The lowest BCUT2D eigenvalue weighted by Crippen LogP contribution is -2.41. The Labute approximate surface area is 159 Å². The van der Waals surface area contributed by atoms with E-state index >= 15 is 0 Å². The van der Waals surface area contributed by atoms with Crippen LogP contribution in [0.15, 0.2) is 30.3 Å². The predicted molar refractivity (Wildman–Crippen MR) is 107 cm³/mol. The standard InChI is InChI=1S/C22H35N3O/c1-23(22(26)19-24-13-8-3-2-4-9-14-24)16-21-12-15-25(18-21)17-20-10-6-5-7-11-20/h5-7,10-11,21H,2-4,8-9,12-19H2,1H3/t21-/m0/s1. The van der Waals surface area contributed by atoms with Crippen LogP contribution in [0.5, 0.6) is 0 Å². The SMILES string of the molecule is CN(C[C@@H]1CCN(Cc2ccccc2)C1)C(=O)CN1CCCCCCC1. The number of hydrogen-bond donors (Lipinski definition) is 0. The Morgan fingerprint density at radius 3 is 2.42 bits per heavy atom. The summed E-state index contributed by atoms with van der Waals surface area (Å²) in [7, 11) is 1.99. The van der Waals surface area contributed by atoms with Crippen LogP contribution >= 0.6 is 0 Å². The van der Waals surface area contributed by atoms with Crippen molar-refractivity contribution in [2.75, 3.05) is 46.3 Å². The molecule has 1 aromatic carbocycles. The topological polar surface area (TPSA) is 26.8 Å². The maximum atomic E-state index is 12.6. The third-order valence-corrected chi connectivity index (χ3v) is 5.88. The lowest BCUT2D eigenvalue weighted by molar-refractivity contribution is -0.131. The molecular weight excluding hydrogens is 322 g/mol. The molecule has 2 saturated heterocycles. The minimum Gasteiger partial charge on any atom is -0.344 e. The molecular formula is C22H35N3O. The van der Waals surface area contributed by atoms with Crippen molar-refractivity contribution in [3.8, 4) is 0 Å². The number of likely N-dealkylation sites (N-methyl/N-ethyl adjacent to an activating group) is 1. The molecule has 0 aliphatic carbocycles. The van der Waals surface area contributed by atoms with Gasteiger partial charge in [-0.15, -0.1) is 0 Å². The highest BCUT2D eigenvalue weighted by molar-refractivity contribution is 5.78. The molecule has 1 amide bonds. The minimum absolute atomic E-state index is 0.298. The fourth-order valence-electron chi connectivity index (χ4n) is 4.32. The van der Waals surface area contributed by atoms with E-state index in [9.17, 15) is 4.79 Å². The van der Waals surface area contributed by atoms with Gasteiger partial charge in [0.25, 0.3) is 0 Å². The number of amides is 1. The number of nitrogens with zero attached hydrogens (tertiary/aromatic N) is 3. The molecule has 4 heteroatoms. The molecule has 4 nitrogen and oxygen atoms in total. The Morgan fingerprint density at radius 2 is 1.69 bits per heavy atom. The van der Waals surface area contributed by atoms with Crippen molar-refractivity contribution in [2.24, 2.45) is 5.92 Å². The monoisotopic (exact) mass is 357 g/mol. The maximum absolute atomic E-state index is 12.6. The van der Waals surface area contributed by atoms with Crippen molar-refractivity contribution < 1.29 is 4.79 Å². The number of carbonyl (C=O) groups is 1. The predicted octanol–water partition coefficient (Wildman–Crippen LogP) is 3.23. The second-order valence-corrected chi connectivity index (χ2v) is 8.19. The van der Waals surface area contributed by atoms with Crippen molar-refractivity contribution >= 4 is 5.91 Å². The van der Waals surface area contributed by atoms with Crippen LogP contribution in [0.25, 0.3) is 0 Å². The summed E-state index contributed by atoms with van der Waals surface area (Å²) in [6.07, 6.45) is 7.69. The van der Waals surface area contributed by atoms with Crippen LogP contribution in [0.1, 0.15) is 44.1 Å². The lowest BCUT2D eigenvalue weighted by atomic mass is 10.1. The zero-order chi connectivity index (χ0) is 18.2. The number of rotatable bonds is 6. The van der Waals surface area contributed by atoms with E-state index in [1.54, 1.807) is 0 Å². The summed E-state index contributed by atoms with van der Waals surface area (Å²) in [5.41, 5.74) is 1.38. The highest BCUT2D eigenvalue weighted by Gasteiger charge is 2.25. The Bertz CT molecular complexity index is 540. The van der Waals surface area contributed by atoms with E-state index in [2.05, 4.69) is 40.1 Å². The fourth-order valence-corrected chi connectivity index (χ4v) is 4.32. The van der Waals surface area contributed by atoms with Gasteiger partial charge in [0.1, 0.15) is 0 Å². The molecule has 0 spiro atoms. The summed E-state index contributed by atoms with van der Waals surface area (Å²) >= 11 is 0. The molecule has 2 fully saturated rings. The minimum atomic E-state index is 0.298. The Balaban J connectivity index is 1.40. The summed E-state index contributed by atoms with van der Waals surface area (Å²) < 4.78 is 0. The molecule has 0 bridgehead atoms. The quantitative estimate of drug-likeness (QED) is 0.782. The van der Waals surface area contributed by atoms with Crippen molar-refractivity contribution in [3.63, 3.8) is 0 Å². The maximum Gasteiger partial charge on any atom is 0.236 e. The van der Waals surface area contributed by atoms with Crippen molar-refractivity contribution in [2.45, 2.75) is 45.1 Å². The molecule has 2 heterocycles. The summed E-state index contributed by atoms with van der Waals surface area (Å²) in [5, 5.41) is 0. The van der Waals surface area contributed by atoms with Crippen LogP contribution in [0.2, 0.25) is 0 Å². The van der Waals surface area contributed by atoms with Gasteiger partial charge < -0.3 is 4.90 Å². The van der Waals surface area contributed by atoms with Gasteiger partial charge in [-0.1, -0.05) is 49.6 Å². The van der Waals surface area contributed by atoms with Crippen LogP contribution in [-0.2, 0) is 11.3 Å². The van der Waals surface area contributed by atoms with Crippen molar-refractivity contribution in [3.05, 3.63) is 35.9 Å². The van der Waals surface area contributed by atoms with Crippen LogP contribution < -0.4 is 0 Å². The van der Waals surface area contributed by atoms with Gasteiger partial charge in [-0.25, -0.2) is 0 Å². The molecule has 0 aromatic heterocycles. The van der Waals surface area contributed by atoms with E-state index in [1.165, 1.54) is 44.1 Å². The van der Waals surface area contributed by atoms with Crippen LogP contribution in [0.4, 0.5) is 0 Å². The molecule has 0 radical (unpaired) electrons. The van der Waals surface area contributed by atoms with Crippen molar-refractivity contribution in [1.29, 1.82) is 0 Å². The van der Waals surface area contributed by atoms with Crippen LogP contribution in [0.3, 0.4) is 0 Å². The second kappa shape index (κ2) is 10.1. The second-order valence-electron chi connectivity index (χ2n) is 8.19. The first-order chi connectivity index (χ1) is 12.7. The largest absolute Gasteiger partial charge is 0.344 e. The van der Waals surface area contributed by atoms with Crippen LogP contribution in [0, 0.1) is 5.92 Å². The van der Waals surface area contributed by atoms with Crippen molar-refractivity contribution in [1.82, 2.24) is 14.7 Å². The highest BCUT2D eigenvalue weighted by Crippen LogP contribution is 2.19. The average Bonchev–Trinajstić information content (AvgIpc) is 3.04. The third-order valence-electron chi connectivity index (χ3n) is 5.88. The molecule has 1 aromatic rings. The van der Waals surface area contributed by atoms with Gasteiger partial charge >= 0.3 is 0 Å². The van der Waals surface area contributed by atoms with Gasteiger partial charge in [-0.2, -0.15) is 0 Å². The van der Waals surface area contributed by atoms with Gasteiger partial charge in [0, 0.05) is 26.7 Å². The summed E-state index contributed by atoms with van der Waals surface area (Å²) in [6.45, 7) is 6.98. The van der Waals surface area contributed by atoms with E-state index in [4.69, 9.17) is 0 Å². The summed E-state index contributed by atoms with van der Waals surface area (Å²) in [4.78, 5) is 19.5. The number of likely N-dealkylation sites (tertiary alicyclic amines) is 2. The third kappa shape index (κ3) is 6.10. The Hall–Kier alpha value is -1.39. The van der Waals surface area contributed by atoms with Crippen LogP contribution in [-0.4, -0.2) is 66.9 Å². The molecule has 3 rings (SSSR count). The first-order valence-corrected chi connectivity index (χ1v) is 10.4. The number of benzene rings is 1. The summed E-state index contributed by atoms with van der Waals surface area (Å²) in [5.74, 6) is 0.909. The molecule has 0 unspecified atom stereocenters. The highest BCUT2D eigenvalue weighted by atomic mass is 16.2. The van der Waals surface area contributed by atoms with E-state index in [0.29, 0.717) is 18.4 Å². The lowest BCUT2D eigenvalue weighted by Gasteiger charge is -2.27. The molecule has 0 N–H and O–H groups in total. The molecule has 0 saturated carbocycles. The normalized spacial score (nSPS) is 22.7. The molecule has 2 aliphatic rings. The van der Waals surface area contributed by atoms with Gasteiger partial charge in [-0.3, -0.25) is 14.6 Å². The molecule has 144 valence electrons. The van der Waals surface area contributed by atoms with Gasteiger partial charge in [0.2, 0.25) is 5.91 Å². The van der Waals surface area contributed by atoms with E-state index < -0.39 is 0 Å². The average molecular weight is 358 g/mol. The molecule has 26 heavy (non-hydrogen) atoms. The first kappa shape index (κ1) is 19.4. The zero-order valence-corrected chi connectivity index (χ0v) is 16.4. The number of carbonyl (C=O) groups excluding carboxylic acids is 1. The zero-order valence-electron chi connectivity index (χ0n) is 16.4. The Morgan fingerprint density at radius 1 is 1.00 bits per heavy atom. The number of hydrogen-bond acceptors (Lipinski definition) is 3. The van der Waals surface area contributed by atoms with E-state index in [1.807, 2.05) is 11.9 Å². The first-order valence-electron chi connectivity index (χ1n) is 10.4. The van der Waals surface area contributed by atoms with Gasteiger partial charge in [0.15, 0.2) is 0 Å².